The number of carbonyl (C=O) groups is 3. The van der Waals surface area contributed by atoms with Gasteiger partial charge in [-0.05, 0) is 125 Å². The lowest BCUT2D eigenvalue weighted by atomic mass is 9.81. The van der Waals surface area contributed by atoms with Crippen molar-refractivity contribution in [1.29, 1.82) is 5.26 Å². The molecular formula is C46H54N4O7S. The quantitative estimate of drug-likeness (QED) is 0.0178. The third-order valence-corrected chi connectivity index (χ3v) is 11.3. The Hall–Kier alpha value is -5.54. The van der Waals surface area contributed by atoms with Crippen molar-refractivity contribution in [3.8, 4) is 23.3 Å². The van der Waals surface area contributed by atoms with Gasteiger partial charge in [0, 0.05) is 24.6 Å². The van der Waals surface area contributed by atoms with Crippen LogP contribution in [0.25, 0.3) is 10.2 Å². The van der Waals surface area contributed by atoms with Gasteiger partial charge in [0.15, 0.2) is 0 Å². The van der Waals surface area contributed by atoms with Crippen LogP contribution in [0.5, 0.6) is 17.2 Å². The van der Waals surface area contributed by atoms with Crippen LogP contribution < -0.4 is 19.2 Å². The van der Waals surface area contributed by atoms with Gasteiger partial charge in [-0.3, -0.25) is 4.79 Å². The van der Waals surface area contributed by atoms with E-state index in [9.17, 15) is 14.4 Å². The molecule has 0 amide bonds. The van der Waals surface area contributed by atoms with Gasteiger partial charge in [0.25, 0.3) is 0 Å². The summed E-state index contributed by atoms with van der Waals surface area (Å²) in [5.74, 6) is 0.523. The normalized spacial score (nSPS) is 15.1. The molecule has 1 aliphatic carbocycles. The van der Waals surface area contributed by atoms with Crippen molar-refractivity contribution < 1.29 is 33.3 Å². The molecule has 1 saturated carbocycles. The van der Waals surface area contributed by atoms with Gasteiger partial charge in [-0.25, -0.2) is 19.6 Å². The molecule has 0 radical (unpaired) electrons. The molecule has 58 heavy (non-hydrogen) atoms. The lowest BCUT2D eigenvalue weighted by molar-refractivity contribution is -0.140. The second-order valence-electron chi connectivity index (χ2n) is 14.4. The molecular weight excluding hydrogens is 753 g/mol. The number of ether oxygens (including phenoxy) is 4. The Bertz CT molecular complexity index is 1980. The van der Waals surface area contributed by atoms with Crippen LogP contribution in [0.3, 0.4) is 0 Å². The topological polar surface area (TPSA) is 140 Å². The van der Waals surface area contributed by atoms with Crippen molar-refractivity contribution in [2.24, 2.45) is 16.9 Å². The summed E-state index contributed by atoms with van der Waals surface area (Å²) in [6, 6.07) is 21.9. The molecule has 0 saturated heterocycles. The Morgan fingerprint density at radius 3 is 2.36 bits per heavy atom. The number of hydrogen-bond donors (Lipinski definition) is 0. The summed E-state index contributed by atoms with van der Waals surface area (Å²) < 4.78 is 23.8. The van der Waals surface area contributed by atoms with Gasteiger partial charge >= 0.3 is 17.9 Å². The fourth-order valence-corrected chi connectivity index (χ4v) is 7.69. The van der Waals surface area contributed by atoms with E-state index in [2.05, 4.69) is 19.6 Å². The first kappa shape index (κ1) is 43.6. The van der Waals surface area contributed by atoms with Crippen molar-refractivity contribution in [2.75, 3.05) is 24.8 Å². The van der Waals surface area contributed by atoms with Gasteiger partial charge in [0.05, 0.1) is 47.2 Å². The standard InChI is InChI=1S/C46H54N4O7S/c1-3-34-18-20-35(21-19-34)45(53)57-41-27-26-39(56-44(52)36-22-24-38(25-23-36)54-30-14-8-9-15-31-55-43(51)4-2)32-37(41)33-48-50(29-13-7-5-6-12-28-47)46-49-40-16-10-11-17-42(40)58-46/h4,10-11,16-17,22-27,32-35H,2-3,5-9,12-15,18-21,29-31H2,1H3/b48-33+. The van der Waals surface area contributed by atoms with Crippen LogP contribution in [0.15, 0.2) is 84.5 Å². The fourth-order valence-electron chi connectivity index (χ4n) is 6.74. The molecule has 0 bridgehead atoms. The number of unbranched alkanes of at least 4 members (excludes halogenated alkanes) is 7. The van der Waals surface area contributed by atoms with Crippen LogP contribution in [0, 0.1) is 23.2 Å². The average Bonchev–Trinajstić information content (AvgIpc) is 3.69. The Morgan fingerprint density at radius 2 is 1.62 bits per heavy atom. The molecule has 0 atom stereocenters. The number of esters is 3. The Morgan fingerprint density at radius 1 is 0.897 bits per heavy atom. The van der Waals surface area contributed by atoms with Crippen LogP contribution in [0.1, 0.15) is 113 Å². The molecule has 1 fully saturated rings. The van der Waals surface area contributed by atoms with E-state index in [1.54, 1.807) is 60.0 Å². The van der Waals surface area contributed by atoms with Crippen LogP contribution in [-0.2, 0) is 14.3 Å². The van der Waals surface area contributed by atoms with E-state index in [0.717, 1.165) is 105 Å². The molecule has 5 rings (SSSR count). The predicted molar refractivity (Wildman–Crippen MR) is 228 cm³/mol. The van der Waals surface area contributed by atoms with E-state index in [-0.39, 0.29) is 17.6 Å². The Kier molecular flexibility index (Phi) is 17.8. The smallest absolute Gasteiger partial charge is 0.343 e. The van der Waals surface area contributed by atoms with Gasteiger partial charge in [0.2, 0.25) is 5.13 Å². The summed E-state index contributed by atoms with van der Waals surface area (Å²) >= 11 is 1.55. The third kappa shape index (κ3) is 13.8. The SMILES string of the molecule is C=CC(=O)OCCCCCCOc1ccc(C(=O)Oc2ccc(OC(=O)C3CCC(CC)CC3)c(/C=N/N(CCCCCCC#N)c3nc4ccccc4s3)c2)cc1. The summed E-state index contributed by atoms with van der Waals surface area (Å²) in [6.07, 6.45) is 15.2. The first-order valence-electron chi connectivity index (χ1n) is 20.5. The minimum atomic E-state index is -0.545. The first-order valence-corrected chi connectivity index (χ1v) is 21.3. The van der Waals surface area contributed by atoms with Crippen LogP contribution in [0.4, 0.5) is 5.13 Å². The summed E-state index contributed by atoms with van der Waals surface area (Å²) in [7, 11) is 0. The molecule has 0 unspecified atom stereocenters. The van der Waals surface area contributed by atoms with Crippen LogP contribution in [0.2, 0.25) is 0 Å². The maximum absolute atomic E-state index is 13.4. The lowest BCUT2D eigenvalue weighted by Crippen LogP contribution is -2.26. The van der Waals surface area contributed by atoms with Crippen molar-refractivity contribution in [3.63, 3.8) is 0 Å². The maximum atomic E-state index is 13.4. The highest BCUT2D eigenvalue weighted by atomic mass is 32.1. The van der Waals surface area contributed by atoms with Gasteiger partial charge in [-0.1, -0.05) is 56.2 Å². The zero-order valence-electron chi connectivity index (χ0n) is 33.4. The minimum Gasteiger partial charge on any atom is -0.494 e. The molecule has 12 heteroatoms. The number of anilines is 1. The maximum Gasteiger partial charge on any atom is 0.343 e. The van der Waals surface area contributed by atoms with Crippen molar-refractivity contribution in [3.05, 3.63) is 90.5 Å². The van der Waals surface area contributed by atoms with Gasteiger partial charge in [-0.15, -0.1) is 0 Å². The molecule has 4 aromatic rings. The Balaban J connectivity index is 1.27. The highest BCUT2D eigenvalue weighted by Crippen LogP contribution is 2.33. The van der Waals surface area contributed by atoms with E-state index in [0.29, 0.717) is 54.7 Å². The molecule has 1 aliphatic rings. The zero-order valence-corrected chi connectivity index (χ0v) is 34.3. The number of fused-ring (bicyclic) bond motifs is 1. The highest BCUT2D eigenvalue weighted by molar-refractivity contribution is 7.22. The number of hydrazone groups is 1. The third-order valence-electron chi connectivity index (χ3n) is 10.2. The average molecular weight is 807 g/mol. The number of aromatic nitrogens is 1. The van der Waals surface area contributed by atoms with Gasteiger partial charge in [0.1, 0.15) is 17.2 Å². The molecule has 1 aromatic heterocycles. The van der Waals surface area contributed by atoms with Crippen LogP contribution >= 0.6 is 11.3 Å². The van der Waals surface area contributed by atoms with Crippen molar-refractivity contribution in [2.45, 2.75) is 96.8 Å². The first-order chi connectivity index (χ1) is 28.4. The van der Waals surface area contributed by atoms with E-state index in [1.165, 1.54) is 0 Å². The number of nitrogens with zero attached hydrogens (tertiary/aromatic N) is 4. The molecule has 306 valence electrons. The second-order valence-corrected chi connectivity index (χ2v) is 15.5. The molecule has 11 nitrogen and oxygen atoms in total. The molecule has 3 aromatic carbocycles. The van der Waals surface area contributed by atoms with Crippen LogP contribution in [-0.4, -0.2) is 48.9 Å². The second kappa shape index (κ2) is 23.6. The summed E-state index contributed by atoms with van der Waals surface area (Å²) in [5, 5.41) is 16.4. The van der Waals surface area contributed by atoms with Crippen molar-refractivity contribution >= 4 is 50.8 Å². The van der Waals surface area contributed by atoms with E-state index in [4.69, 9.17) is 34.3 Å². The molecule has 0 aliphatic heterocycles. The zero-order chi connectivity index (χ0) is 41.0. The van der Waals surface area contributed by atoms with Gasteiger partial charge in [-0.2, -0.15) is 10.4 Å². The lowest BCUT2D eigenvalue weighted by Gasteiger charge is -2.26. The molecule has 1 heterocycles. The van der Waals surface area contributed by atoms with E-state index in [1.807, 2.05) is 29.3 Å². The minimum absolute atomic E-state index is 0.169. The number of carbonyl (C=O) groups excluding carboxylic acids is 3. The largest absolute Gasteiger partial charge is 0.494 e. The van der Waals surface area contributed by atoms with E-state index >= 15 is 0 Å². The monoisotopic (exact) mass is 806 g/mol. The molecule has 0 N–H and O–H groups in total. The number of thiazole rings is 1. The summed E-state index contributed by atoms with van der Waals surface area (Å²) in [6.45, 7) is 7.09. The predicted octanol–water partition coefficient (Wildman–Crippen LogP) is 10.6. The van der Waals surface area contributed by atoms with Crippen molar-refractivity contribution in [1.82, 2.24) is 4.98 Å². The summed E-state index contributed by atoms with van der Waals surface area (Å²) in [5.41, 5.74) is 1.73. The molecule has 0 spiro atoms. The fraction of sp³-hybridized carbons (Fsp3) is 0.435. The summed E-state index contributed by atoms with van der Waals surface area (Å²) in [4.78, 5) is 42.7. The number of para-hydroxylation sites is 1. The highest BCUT2D eigenvalue weighted by Gasteiger charge is 2.28. The van der Waals surface area contributed by atoms with Gasteiger partial charge < -0.3 is 18.9 Å². The number of nitriles is 1. The number of hydrogen-bond acceptors (Lipinski definition) is 12. The number of benzene rings is 3. The Labute approximate surface area is 345 Å². The van der Waals surface area contributed by atoms with E-state index < -0.39 is 11.9 Å². The number of rotatable bonds is 23.